The molecule has 0 bridgehead atoms. The Balaban J connectivity index is 0.00000181. The smallest absolute Gasteiger partial charge is 0.475 e. The monoisotopic (exact) mass is 1350 g/mol. The first-order chi connectivity index (χ1) is 43.9. The number of aryl methyl sites for hydroxylation is 3. The van der Waals surface area contributed by atoms with Gasteiger partial charge in [0.05, 0.1) is 114 Å². The number of hydrogen-bond donors (Lipinski definition) is 5. The predicted octanol–water partition coefficient (Wildman–Crippen LogP) is 5.81. The molecule has 0 saturated carbocycles. The molecule has 4 amide bonds. The Morgan fingerprint density at radius 1 is 0.761 bits per heavy atom. The van der Waals surface area contributed by atoms with Gasteiger partial charge in [0.25, 0.3) is 0 Å². The normalized spacial score (nSPS) is 15.7. The van der Waals surface area contributed by atoms with Crippen LogP contribution in [0.5, 0.6) is 0 Å². The maximum absolute atomic E-state index is 14.6. The number of rotatable bonds is 34. The minimum absolute atomic E-state index is 0.0236. The molecule has 4 atom stereocenters. The van der Waals surface area contributed by atoms with Crippen LogP contribution in [0.25, 0.3) is 15.4 Å². The number of hydrogen-bond acceptors (Lipinski definition) is 21. The van der Waals surface area contributed by atoms with E-state index in [0.717, 1.165) is 54.0 Å². The van der Waals surface area contributed by atoms with Crippen molar-refractivity contribution < 1.29 is 84.9 Å². The molecule has 2 aliphatic heterocycles. The lowest BCUT2D eigenvalue weighted by molar-refractivity contribution is -0.192. The fourth-order valence-electron chi connectivity index (χ4n) is 9.42. The largest absolute Gasteiger partial charge is 0.490 e. The Morgan fingerprint density at radius 2 is 1.34 bits per heavy atom. The quantitative estimate of drug-likeness (QED) is 0.0240. The summed E-state index contributed by atoms with van der Waals surface area (Å²) in [5, 5.41) is 26.3. The van der Waals surface area contributed by atoms with Crippen molar-refractivity contribution >= 4 is 75.6 Å². The highest BCUT2D eigenvalue weighted by atomic mass is 35.5. The molecule has 5 aromatic rings. The van der Waals surface area contributed by atoms with Crippen LogP contribution in [-0.2, 0) is 73.2 Å². The van der Waals surface area contributed by atoms with E-state index in [1.54, 1.807) is 49.0 Å². The second-order valence-corrected chi connectivity index (χ2v) is 24.6. The summed E-state index contributed by atoms with van der Waals surface area (Å²) in [5.41, 5.74) is 12.9. The number of aromatic nitrogens is 4. The minimum atomic E-state index is -5.08. The third-order valence-electron chi connectivity index (χ3n) is 14.1. The molecule has 31 heteroatoms. The number of aliphatic imine (C=N–C) groups is 1. The molecule has 0 spiro atoms. The summed E-state index contributed by atoms with van der Waals surface area (Å²) in [4.78, 5) is 90.3. The first-order valence-corrected chi connectivity index (χ1v) is 31.7. The summed E-state index contributed by atoms with van der Waals surface area (Å²) in [6, 6.07) is 12.6. The number of carbonyl (C=O) groups excluding carboxylic acids is 5. The van der Waals surface area contributed by atoms with Crippen LogP contribution in [-0.4, -0.2) is 208 Å². The fourth-order valence-corrected chi connectivity index (χ4v) is 11.6. The van der Waals surface area contributed by atoms with Crippen molar-refractivity contribution in [2.24, 2.45) is 16.1 Å². The number of aliphatic carboxylic acids is 1. The van der Waals surface area contributed by atoms with Crippen molar-refractivity contribution in [1.29, 1.82) is 0 Å². The number of ether oxygens (including phenoxy) is 8. The van der Waals surface area contributed by atoms with Crippen LogP contribution in [0.2, 0.25) is 5.02 Å². The van der Waals surface area contributed by atoms with Gasteiger partial charge >= 0.3 is 18.1 Å². The van der Waals surface area contributed by atoms with E-state index in [1.807, 2.05) is 66.9 Å². The van der Waals surface area contributed by atoms with E-state index >= 15 is 0 Å². The van der Waals surface area contributed by atoms with Crippen molar-refractivity contribution in [2.45, 2.75) is 98.3 Å². The van der Waals surface area contributed by atoms with Gasteiger partial charge in [-0.1, -0.05) is 68.8 Å². The van der Waals surface area contributed by atoms with E-state index in [9.17, 15) is 37.1 Å². The van der Waals surface area contributed by atoms with Gasteiger partial charge in [-0.05, 0) is 61.9 Å². The number of carboxylic acids is 1. The maximum atomic E-state index is 14.6. The first kappa shape index (κ1) is 74.2. The molecule has 1 fully saturated rings. The van der Waals surface area contributed by atoms with Gasteiger partial charge in [0, 0.05) is 47.1 Å². The van der Waals surface area contributed by atoms with E-state index in [1.165, 1.54) is 4.90 Å². The lowest BCUT2D eigenvalue weighted by Crippen LogP contribution is -2.58. The Morgan fingerprint density at radius 3 is 1.91 bits per heavy atom. The van der Waals surface area contributed by atoms with Crippen LogP contribution >= 0.6 is 34.3 Å². The van der Waals surface area contributed by atoms with E-state index in [2.05, 4.69) is 45.0 Å². The maximum Gasteiger partial charge on any atom is 0.490 e. The number of nitrogens with two attached hydrogens (primary N) is 1. The van der Waals surface area contributed by atoms with Gasteiger partial charge in [0.1, 0.15) is 48.3 Å². The number of fused-ring (bicyclic) bond motifs is 3. The third-order valence-corrected chi connectivity index (χ3v) is 16.5. The molecule has 7 rings (SSSR count). The van der Waals surface area contributed by atoms with E-state index in [0.29, 0.717) is 56.3 Å². The van der Waals surface area contributed by atoms with Gasteiger partial charge in [-0.3, -0.25) is 28.7 Å². The molecule has 2 aromatic carbocycles. The van der Waals surface area contributed by atoms with Crippen molar-refractivity contribution in [1.82, 2.24) is 40.6 Å². The second kappa shape index (κ2) is 36.6. The van der Waals surface area contributed by atoms with Crippen molar-refractivity contribution in [3.05, 3.63) is 104 Å². The number of nitrogens with zero attached hydrogens (tertiary/aromatic N) is 6. The number of benzene rings is 2. The summed E-state index contributed by atoms with van der Waals surface area (Å²) in [6.07, 6.45) is -5.85. The highest BCUT2D eigenvalue weighted by Crippen LogP contribution is 2.40. The highest BCUT2D eigenvalue weighted by molar-refractivity contribution is 7.15. The lowest BCUT2D eigenvalue weighted by Gasteiger charge is -2.35. The van der Waals surface area contributed by atoms with Gasteiger partial charge in [0.2, 0.25) is 23.6 Å². The Hall–Kier alpha value is -6.84. The number of alkyl halides is 3. The van der Waals surface area contributed by atoms with Crippen molar-refractivity contribution in [2.75, 3.05) is 112 Å². The van der Waals surface area contributed by atoms with Crippen LogP contribution in [0.3, 0.4) is 0 Å². The third kappa shape index (κ3) is 22.7. The zero-order chi connectivity index (χ0) is 67.0. The molecule has 0 aliphatic carbocycles. The predicted molar refractivity (Wildman–Crippen MR) is 335 cm³/mol. The number of amides is 4. The summed E-state index contributed by atoms with van der Waals surface area (Å²) in [5.74, 6) is -3.86. The summed E-state index contributed by atoms with van der Waals surface area (Å²) >= 11 is 9.44. The number of likely N-dealkylation sites (tertiary alicyclic amines) is 1. The molecule has 25 nitrogen and oxygen atoms in total. The number of carboxylic acid groups (broad SMARTS) is 1. The summed E-state index contributed by atoms with van der Waals surface area (Å²) < 4.78 is 78.2. The molecule has 2 aliphatic rings. The Labute approximate surface area is 544 Å². The van der Waals surface area contributed by atoms with Gasteiger partial charge in [-0.15, -0.1) is 32.9 Å². The number of halogens is 4. The highest BCUT2D eigenvalue weighted by Gasteiger charge is 2.46. The number of nitrogens with one attached hydrogen (secondary N) is 3. The Kier molecular flexibility index (Phi) is 29.5. The average Bonchev–Trinajstić information content (AvgIpc) is 1.59. The minimum Gasteiger partial charge on any atom is -0.475 e. The molecule has 92 heavy (non-hydrogen) atoms. The van der Waals surface area contributed by atoms with Crippen LogP contribution in [0, 0.1) is 33.1 Å². The molecule has 3 aromatic heterocycles. The average molecular weight is 1350 g/mol. The molecule has 6 N–H and O–H groups in total. The SMILES string of the molecule is Cc1ncsc1-c1ccc(CNC(=O)[C@@H]2C[C@@H](OC(=O)COCCOCCOCCOCCN)CN2C(=O)[C@@H](NC(=O)COCCOCCOCCNC(=O)C[C@@H]2N=C(c3ccc(Cl)cc3)c3c(sc(C)c3C)-n3c(C)nnc32)C(C)(C)C)cc1.O=C(O)C(F)(F)F. The van der Waals surface area contributed by atoms with E-state index in [4.69, 9.17) is 70.1 Å². The number of esters is 1. The molecule has 5 heterocycles. The summed E-state index contributed by atoms with van der Waals surface area (Å²) in [7, 11) is 0. The molecule has 0 unspecified atom stereocenters. The van der Waals surface area contributed by atoms with Crippen LogP contribution in [0.1, 0.15) is 84.1 Å². The summed E-state index contributed by atoms with van der Waals surface area (Å²) in [6.45, 7) is 16.8. The van der Waals surface area contributed by atoms with Crippen molar-refractivity contribution in [3.63, 3.8) is 0 Å². The fraction of sp³-hybridized carbons (Fsp3) is 0.541. The van der Waals surface area contributed by atoms with Crippen molar-refractivity contribution in [3.8, 4) is 15.4 Å². The van der Waals surface area contributed by atoms with Gasteiger partial charge < -0.3 is 69.6 Å². The molecule has 504 valence electrons. The van der Waals surface area contributed by atoms with Crippen LogP contribution in [0.15, 0.2) is 59.0 Å². The topological polar surface area (TPSA) is 318 Å². The molecular formula is C61H80ClF3N10O15S2. The second-order valence-electron chi connectivity index (χ2n) is 22.1. The van der Waals surface area contributed by atoms with E-state index in [-0.39, 0.29) is 97.8 Å². The lowest BCUT2D eigenvalue weighted by atomic mass is 9.85. The number of thiazole rings is 1. The van der Waals surface area contributed by atoms with Gasteiger partial charge in [-0.2, -0.15) is 13.2 Å². The zero-order valence-electron chi connectivity index (χ0n) is 52.4. The van der Waals surface area contributed by atoms with Crippen LogP contribution < -0.4 is 21.7 Å². The zero-order valence-corrected chi connectivity index (χ0v) is 54.8. The number of carbonyl (C=O) groups is 6. The van der Waals surface area contributed by atoms with Gasteiger partial charge in [-0.25, -0.2) is 14.6 Å². The molecule has 0 radical (unpaired) electrons. The first-order valence-electron chi connectivity index (χ1n) is 29.6. The molecular weight excluding hydrogens is 1270 g/mol. The van der Waals surface area contributed by atoms with E-state index < -0.39 is 65.5 Å². The Bertz CT molecular complexity index is 3250. The molecule has 1 saturated heterocycles. The number of thiophene rings is 1. The standard InChI is InChI=1S/C59H79ClN10O13S2.C2HF3O2/c1-37-39(3)85-58-51(37)52(42-12-14-44(60)15-13-42)65-46(55-68-67-40(4)70(55)58)31-48(71)62-17-19-77-21-23-79-26-28-81-34-49(72)66-54(59(5,6)7)57(75)69-33-45(83-50(73)35-82-29-27-80-25-24-78-22-20-76-18-16-61)30-47(69)56(74)63-32-41-8-10-43(11-9-41)53-38(2)64-36-84-53;3-2(4,5)1(6)7/h8-15,36,45-47,54H,16-35,61H2,1-7H3,(H,62,71)(H,63,74)(H,66,72);(H,6,7)/t45-,46+,47+,54-;/m1./s1. The van der Waals surface area contributed by atoms with Crippen LogP contribution in [0.4, 0.5) is 13.2 Å². The van der Waals surface area contributed by atoms with Gasteiger partial charge in [0.15, 0.2) is 5.82 Å².